The molecule has 4 heteroatoms. The van der Waals surface area contributed by atoms with Crippen LogP contribution in [-0.4, -0.2) is 17.5 Å². The molecule has 0 amide bonds. The number of carboxylic acids is 1. The van der Waals surface area contributed by atoms with E-state index in [2.05, 4.69) is 0 Å². The standard InChI is InChI=1S/C9H14O4/c1-9(2,3)13-8(12)6-4-5(6)7(10)11/h5-6H,4H2,1-3H3,(H,10,11)/p-1/t5-,6+/m0/s1. The molecule has 1 rings (SSSR count). The van der Waals surface area contributed by atoms with E-state index in [4.69, 9.17) is 4.74 Å². The molecule has 0 radical (unpaired) electrons. The van der Waals surface area contributed by atoms with Crippen LogP contribution >= 0.6 is 0 Å². The smallest absolute Gasteiger partial charge is 0.310 e. The quantitative estimate of drug-likeness (QED) is 0.555. The Bertz CT molecular complexity index is 238. The van der Waals surface area contributed by atoms with Gasteiger partial charge in [0.2, 0.25) is 0 Å². The number of carboxylic acid groups (broad SMARTS) is 1. The number of hydrogen-bond donors (Lipinski definition) is 0. The summed E-state index contributed by atoms with van der Waals surface area (Å²) in [6.07, 6.45) is 0.358. The Labute approximate surface area is 76.9 Å². The van der Waals surface area contributed by atoms with Crippen LogP contribution in [0.3, 0.4) is 0 Å². The third-order valence-corrected chi connectivity index (χ3v) is 1.80. The zero-order chi connectivity index (χ0) is 10.2. The van der Waals surface area contributed by atoms with Gasteiger partial charge < -0.3 is 14.6 Å². The van der Waals surface area contributed by atoms with Gasteiger partial charge in [0.05, 0.1) is 5.92 Å². The molecule has 1 fully saturated rings. The minimum atomic E-state index is -1.16. The maximum atomic E-state index is 11.2. The van der Waals surface area contributed by atoms with Crippen molar-refractivity contribution in [3.05, 3.63) is 0 Å². The average molecular weight is 185 g/mol. The third kappa shape index (κ3) is 2.72. The maximum Gasteiger partial charge on any atom is 0.310 e. The van der Waals surface area contributed by atoms with Crippen molar-refractivity contribution in [3.63, 3.8) is 0 Å². The summed E-state index contributed by atoms with van der Waals surface area (Å²) in [5.74, 6) is -2.70. The van der Waals surface area contributed by atoms with Gasteiger partial charge in [-0.3, -0.25) is 4.79 Å². The first-order valence-corrected chi connectivity index (χ1v) is 4.25. The predicted molar refractivity (Wildman–Crippen MR) is 42.4 cm³/mol. The Morgan fingerprint density at radius 2 is 1.85 bits per heavy atom. The molecule has 1 aliphatic carbocycles. The third-order valence-electron chi connectivity index (χ3n) is 1.80. The largest absolute Gasteiger partial charge is 0.550 e. The highest BCUT2D eigenvalue weighted by Gasteiger charge is 2.46. The molecule has 4 nitrogen and oxygen atoms in total. The lowest BCUT2D eigenvalue weighted by molar-refractivity contribution is -0.308. The number of esters is 1. The van der Waals surface area contributed by atoms with E-state index in [-0.39, 0.29) is 0 Å². The molecule has 0 bridgehead atoms. The molecule has 2 atom stereocenters. The fourth-order valence-electron chi connectivity index (χ4n) is 1.09. The number of carbonyl (C=O) groups excluding carboxylic acids is 2. The van der Waals surface area contributed by atoms with Crippen molar-refractivity contribution in [1.82, 2.24) is 0 Å². The van der Waals surface area contributed by atoms with E-state index in [9.17, 15) is 14.7 Å². The van der Waals surface area contributed by atoms with Crippen LogP contribution in [0.1, 0.15) is 27.2 Å². The average Bonchev–Trinajstić information content (AvgIpc) is 2.58. The lowest BCUT2D eigenvalue weighted by atomic mass is 10.2. The van der Waals surface area contributed by atoms with E-state index < -0.39 is 29.4 Å². The Kier molecular flexibility index (Phi) is 2.32. The molecule has 0 N–H and O–H groups in total. The monoisotopic (exact) mass is 185 g/mol. The van der Waals surface area contributed by atoms with Gasteiger partial charge in [-0.25, -0.2) is 0 Å². The molecule has 0 heterocycles. The molecular formula is C9H13O4-. The molecular weight excluding hydrogens is 172 g/mol. The van der Waals surface area contributed by atoms with Gasteiger partial charge in [0, 0.05) is 11.9 Å². The number of ether oxygens (including phenoxy) is 1. The van der Waals surface area contributed by atoms with Crippen LogP contribution in [0.5, 0.6) is 0 Å². The summed E-state index contributed by atoms with van der Waals surface area (Å²) >= 11 is 0. The van der Waals surface area contributed by atoms with Crippen LogP contribution in [0.25, 0.3) is 0 Å². The van der Waals surface area contributed by atoms with Crippen LogP contribution in [-0.2, 0) is 14.3 Å². The SMILES string of the molecule is CC(C)(C)OC(=O)[C@@H]1C[C@@H]1C(=O)[O-]. The minimum absolute atomic E-state index is 0.358. The van der Waals surface area contributed by atoms with Gasteiger partial charge in [0.1, 0.15) is 5.60 Å². The zero-order valence-corrected chi connectivity index (χ0v) is 7.99. The van der Waals surface area contributed by atoms with E-state index >= 15 is 0 Å². The second-order valence-corrected chi connectivity index (χ2v) is 4.30. The summed E-state index contributed by atoms with van der Waals surface area (Å²) < 4.78 is 5.01. The summed E-state index contributed by atoms with van der Waals surface area (Å²) in [5, 5.41) is 10.3. The van der Waals surface area contributed by atoms with Crippen LogP contribution in [0.2, 0.25) is 0 Å². The Morgan fingerprint density at radius 3 is 2.15 bits per heavy atom. The van der Waals surface area contributed by atoms with Crippen LogP contribution < -0.4 is 5.11 Å². The molecule has 13 heavy (non-hydrogen) atoms. The lowest BCUT2D eigenvalue weighted by Gasteiger charge is -2.19. The summed E-state index contributed by atoms with van der Waals surface area (Å²) in [5.41, 5.74) is -0.545. The van der Waals surface area contributed by atoms with Gasteiger partial charge in [-0.2, -0.15) is 0 Å². The second-order valence-electron chi connectivity index (χ2n) is 4.30. The van der Waals surface area contributed by atoms with E-state index in [1.807, 2.05) is 0 Å². The highest BCUT2D eigenvalue weighted by atomic mass is 16.6. The zero-order valence-electron chi connectivity index (χ0n) is 7.99. The summed E-state index contributed by atoms with van der Waals surface area (Å²) in [6.45, 7) is 5.25. The molecule has 0 aromatic carbocycles. The van der Waals surface area contributed by atoms with Crippen LogP contribution in [0.15, 0.2) is 0 Å². The van der Waals surface area contributed by atoms with Crippen molar-refractivity contribution in [1.29, 1.82) is 0 Å². The van der Waals surface area contributed by atoms with E-state index in [1.165, 1.54) is 0 Å². The minimum Gasteiger partial charge on any atom is -0.550 e. The number of aliphatic carboxylic acids is 1. The van der Waals surface area contributed by atoms with E-state index in [1.54, 1.807) is 20.8 Å². The summed E-state index contributed by atoms with van der Waals surface area (Å²) in [7, 11) is 0. The topological polar surface area (TPSA) is 66.4 Å². The maximum absolute atomic E-state index is 11.2. The molecule has 0 aromatic rings. The lowest BCUT2D eigenvalue weighted by Crippen LogP contribution is -2.29. The van der Waals surface area contributed by atoms with E-state index in [0.29, 0.717) is 6.42 Å². The van der Waals surface area contributed by atoms with Crippen molar-refractivity contribution < 1.29 is 19.4 Å². The first-order valence-electron chi connectivity index (χ1n) is 4.25. The van der Waals surface area contributed by atoms with Gasteiger partial charge >= 0.3 is 5.97 Å². The predicted octanol–water partition coefficient (Wildman–Crippen LogP) is -0.286. The molecule has 0 saturated heterocycles. The van der Waals surface area contributed by atoms with Crippen LogP contribution in [0.4, 0.5) is 0 Å². The molecule has 1 aliphatic rings. The first-order chi connectivity index (χ1) is 5.81. The van der Waals surface area contributed by atoms with Crippen molar-refractivity contribution in [2.75, 3.05) is 0 Å². The summed E-state index contributed by atoms with van der Waals surface area (Å²) in [4.78, 5) is 21.5. The van der Waals surface area contributed by atoms with Crippen molar-refractivity contribution >= 4 is 11.9 Å². The fourth-order valence-corrected chi connectivity index (χ4v) is 1.09. The van der Waals surface area contributed by atoms with Gasteiger partial charge in [-0.05, 0) is 27.2 Å². The van der Waals surface area contributed by atoms with E-state index in [0.717, 1.165) is 0 Å². The Balaban J connectivity index is 2.40. The second kappa shape index (κ2) is 3.01. The molecule has 74 valence electrons. The van der Waals surface area contributed by atoms with Crippen molar-refractivity contribution in [2.45, 2.75) is 32.8 Å². The van der Waals surface area contributed by atoms with Gasteiger partial charge in [-0.15, -0.1) is 0 Å². The van der Waals surface area contributed by atoms with Crippen molar-refractivity contribution in [3.8, 4) is 0 Å². The van der Waals surface area contributed by atoms with Crippen molar-refractivity contribution in [2.24, 2.45) is 11.8 Å². The molecule has 0 unspecified atom stereocenters. The van der Waals surface area contributed by atoms with Gasteiger partial charge in [0.15, 0.2) is 0 Å². The van der Waals surface area contributed by atoms with Gasteiger partial charge in [-0.1, -0.05) is 0 Å². The first kappa shape index (κ1) is 10.0. The normalized spacial score (nSPS) is 26.7. The fraction of sp³-hybridized carbons (Fsp3) is 0.778. The number of rotatable bonds is 2. The Morgan fingerprint density at radius 1 is 1.31 bits per heavy atom. The highest BCUT2D eigenvalue weighted by molar-refractivity contribution is 5.85. The van der Waals surface area contributed by atoms with Gasteiger partial charge in [0.25, 0.3) is 0 Å². The van der Waals surface area contributed by atoms with Crippen LogP contribution in [0, 0.1) is 11.8 Å². The molecule has 0 aliphatic heterocycles. The number of hydrogen-bond acceptors (Lipinski definition) is 4. The molecule has 0 aromatic heterocycles. The molecule has 1 saturated carbocycles. The number of carbonyl (C=O) groups is 2. The Hall–Kier alpha value is -1.06. The summed E-state index contributed by atoms with van der Waals surface area (Å²) in [6, 6.07) is 0. The molecule has 0 spiro atoms. The highest BCUT2D eigenvalue weighted by Crippen LogP contribution is 2.39.